The molecule has 0 saturated carbocycles. The van der Waals surface area contributed by atoms with Crippen molar-refractivity contribution in [2.45, 2.75) is 25.5 Å². The van der Waals surface area contributed by atoms with Gasteiger partial charge >= 0.3 is 5.69 Å². The van der Waals surface area contributed by atoms with Gasteiger partial charge in [0.2, 0.25) is 0 Å². The van der Waals surface area contributed by atoms with Gasteiger partial charge in [-0.15, -0.1) is 11.3 Å². The standard InChI is InChI=1S/C19H19N3O4S/c23-17(20-10-13-3-1-7-26-13)12-5-6-15-16(9-12)21-19(25)22(18(15)24)11-14-4-2-8-27-14/h2,4-6,8-9,13H,1,3,7,10-11H2,(H,20,23)(H,21,25). The fourth-order valence-electron chi connectivity index (χ4n) is 3.21. The quantitative estimate of drug-likeness (QED) is 0.699. The third-order valence-corrected chi connectivity index (χ3v) is 5.51. The largest absolute Gasteiger partial charge is 0.376 e. The smallest absolute Gasteiger partial charge is 0.329 e. The fourth-order valence-corrected chi connectivity index (χ4v) is 3.90. The van der Waals surface area contributed by atoms with Gasteiger partial charge in [0.25, 0.3) is 11.5 Å². The van der Waals surface area contributed by atoms with Gasteiger partial charge in [-0.3, -0.25) is 14.2 Å². The number of rotatable bonds is 5. The lowest BCUT2D eigenvalue weighted by molar-refractivity contribution is 0.0858. The summed E-state index contributed by atoms with van der Waals surface area (Å²) < 4.78 is 6.66. The molecule has 0 radical (unpaired) electrons. The van der Waals surface area contributed by atoms with Gasteiger partial charge in [-0.05, 0) is 42.5 Å². The van der Waals surface area contributed by atoms with Gasteiger partial charge in [-0.1, -0.05) is 6.07 Å². The summed E-state index contributed by atoms with van der Waals surface area (Å²) in [7, 11) is 0. The summed E-state index contributed by atoms with van der Waals surface area (Å²) in [4.78, 5) is 41.0. The summed E-state index contributed by atoms with van der Waals surface area (Å²) in [5.74, 6) is -0.254. The van der Waals surface area contributed by atoms with E-state index in [4.69, 9.17) is 4.74 Å². The van der Waals surface area contributed by atoms with Crippen molar-refractivity contribution >= 4 is 28.1 Å². The van der Waals surface area contributed by atoms with Crippen molar-refractivity contribution in [3.63, 3.8) is 0 Å². The SMILES string of the molecule is O=C(NCC1CCCO1)c1ccc2c(=O)n(Cc3cccs3)c(=O)[nH]c2c1. The van der Waals surface area contributed by atoms with Crippen molar-refractivity contribution in [1.29, 1.82) is 0 Å². The average Bonchev–Trinajstić information content (AvgIpc) is 3.36. The van der Waals surface area contributed by atoms with Crippen LogP contribution in [0.25, 0.3) is 10.9 Å². The first-order valence-corrected chi connectivity index (χ1v) is 9.69. The Morgan fingerprint density at radius 2 is 2.22 bits per heavy atom. The molecule has 1 aliphatic rings. The molecule has 1 saturated heterocycles. The van der Waals surface area contributed by atoms with Crippen LogP contribution in [-0.4, -0.2) is 34.7 Å². The van der Waals surface area contributed by atoms with Crippen molar-refractivity contribution in [3.05, 3.63) is 67.0 Å². The summed E-state index contributed by atoms with van der Waals surface area (Å²) in [6, 6.07) is 8.48. The molecule has 2 aromatic heterocycles. The summed E-state index contributed by atoms with van der Waals surface area (Å²) in [6.45, 7) is 1.41. The zero-order chi connectivity index (χ0) is 18.8. The third-order valence-electron chi connectivity index (χ3n) is 4.65. The molecule has 1 unspecified atom stereocenters. The molecule has 0 bridgehead atoms. The number of nitrogens with zero attached hydrogens (tertiary/aromatic N) is 1. The maximum absolute atomic E-state index is 12.7. The van der Waals surface area contributed by atoms with E-state index in [-0.39, 0.29) is 24.1 Å². The summed E-state index contributed by atoms with van der Waals surface area (Å²) in [6.07, 6.45) is 2.00. The second kappa shape index (κ2) is 7.50. The highest BCUT2D eigenvalue weighted by Gasteiger charge is 2.17. The number of ether oxygens (including phenoxy) is 1. The molecular weight excluding hydrogens is 366 g/mol. The Morgan fingerprint density at radius 1 is 1.33 bits per heavy atom. The van der Waals surface area contributed by atoms with Crippen molar-refractivity contribution in [2.24, 2.45) is 0 Å². The lowest BCUT2D eigenvalue weighted by Crippen LogP contribution is -2.35. The number of carbonyl (C=O) groups excluding carboxylic acids is 1. The lowest BCUT2D eigenvalue weighted by Gasteiger charge is -2.11. The van der Waals surface area contributed by atoms with Crippen LogP contribution in [0.2, 0.25) is 0 Å². The van der Waals surface area contributed by atoms with E-state index in [2.05, 4.69) is 10.3 Å². The normalized spacial score (nSPS) is 16.7. The average molecular weight is 385 g/mol. The van der Waals surface area contributed by atoms with Crippen LogP contribution in [0.15, 0.2) is 45.3 Å². The summed E-state index contributed by atoms with van der Waals surface area (Å²) in [5.41, 5.74) is -0.102. The number of nitrogens with one attached hydrogen (secondary N) is 2. The zero-order valence-corrected chi connectivity index (χ0v) is 15.4. The van der Waals surface area contributed by atoms with Gasteiger partial charge in [0.05, 0.1) is 23.6 Å². The Kier molecular flexibility index (Phi) is 4.91. The van der Waals surface area contributed by atoms with E-state index in [9.17, 15) is 14.4 Å². The van der Waals surface area contributed by atoms with Crippen LogP contribution in [-0.2, 0) is 11.3 Å². The van der Waals surface area contributed by atoms with Gasteiger partial charge in [0.1, 0.15) is 0 Å². The molecule has 4 rings (SSSR count). The molecular formula is C19H19N3O4S. The molecule has 1 atom stereocenters. The highest BCUT2D eigenvalue weighted by molar-refractivity contribution is 7.09. The van der Waals surface area contributed by atoms with Gasteiger partial charge in [-0.2, -0.15) is 0 Å². The van der Waals surface area contributed by atoms with E-state index in [1.54, 1.807) is 18.2 Å². The van der Waals surface area contributed by atoms with Crippen molar-refractivity contribution in [1.82, 2.24) is 14.9 Å². The molecule has 1 fully saturated rings. The number of aromatic amines is 1. The first kappa shape index (κ1) is 17.7. The number of hydrogen-bond acceptors (Lipinski definition) is 5. The van der Waals surface area contributed by atoms with E-state index in [1.165, 1.54) is 15.9 Å². The monoisotopic (exact) mass is 385 g/mol. The third kappa shape index (κ3) is 3.72. The van der Waals surface area contributed by atoms with Crippen LogP contribution in [0, 0.1) is 0 Å². The summed E-state index contributed by atoms with van der Waals surface area (Å²) >= 11 is 1.49. The first-order valence-electron chi connectivity index (χ1n) is 8.81. The van der Waals surface area contributed by atoms with E-state index in [1.807, 2.05) is 17.5 Å². The molecule has 27 heavy (non-hydrogen) atoms. The minimum absolute atomic E-state index is 0.0543. The minimum Gasteiger partial charge on any atom is -0.376 e. The second-order valence-corrected chi connectivity index (χ2v) is 7.54. The number of fused-ring (bicyclic) bond motifs is 1. The Labute approximate surface area is 158 Å². The van der Waals surface area contributed by atoms with Crippen molar-refractivity contribution < 1.29 is 9.53 Å². The van der Waals surface area contributed by atoms with E-state index >= 15 is 0 Å². The number of amides is 1. The molecule has 1 amide bonds. The van der Waals surface area contributed by atoms with Crippen LogP contribution in [0.3, 0.4) is 0 Å². The number of hydrogen-bond donors (Lipinski definition) is 2. The van der Waals surface area contributed by atoms with Crippen LogP contribution in [0.4, 0.5) is 0 Å². The molecule has 0 spiro atoms. The van der Waals surface area contributed by atoms with Gasteiger partial charge in [0.15, 0.2) is 0 Å². The fraction of sp³-hybridized carbons (Fsp3) is 0.316. The van der Waals surface area contributed by atoms with Crippen LogP contribution >= 0.6 is 11.3 Å². The summed E-state index contributed by atoms with van der Waals surface area (Å²) in [5, 5.41) is 5.11. The molecule has 2 N–H and O–H groups in total. The highest BCUT2D eigenvalue weighted by Crippen LogP contribution is 2.13. The molecule has 140 valence electrons. The number of benzene rings is 1. The van der Waals surface area contributed by atoms with E-state index in [0.717, 1.165) is 24.3 Å². The van der Waals surface area contributed by atoms with Gasteiger partial charge in [0, 0.05) is 23.6 Å². The minimum atomic E-state index is -0.488. The number of thiophene rings is 1. The zero-order valence-electron chi connectivity index (χ0n) is 14.6. The first-order chi connectivity index (χ1) is 13.1. The number of H-pyrrole nitrogens is 1. The van der Waals surface area contributed by atoms with Crippen LogP contribution in [0.1, 0.15) is 28.1 Å². The predicted molar refractivity (Wildman–Crippen MR) is 104 cm³/mol. The van der Waals surface area contributed by atoms with Gasteiger partial charge < -0.3 is 15.0 Å². The maximum atomic E-state index is 12.7. The molecule has 0 aliphatic carbocycles. The molecule has 7 nitrogen and oxygen atoms in total. The highest BCUT2D eigenvalue weighted by atomic mass is 32.1. The molecule has 3 heterocycles. The molecule has 1 aromatic carbocycles. The van der Waals surface area contributed by atoms with Crippen LogP contribution < -0.4 is 16.6 Å². The Bertz CT molecular complexity index is 1080. The molecule has 8 heteroatoms. The Balaban J connectivity index is 1.60. The second-order valence-electron chi connectivity index (χ2n) is 6.51. The lowest BCUT2D eigenvalue weighted by atomic mass is 10.1. The Morgan fingerprint density at radius 3 is 2.96 bits per heavy atom. The maximum Gasteiger partial charge on any atom is 0.329 e. The van der Waals surface area contributed by atoms with Crippen molar-refractivity contribution in [2.75, 3.05) is 13.2 Å². The van der Waals surface area contributed by atoms with Crippen LogP contribution in [0.5, 0.6) is 0 Å². The molecule has 1 aliphatic heterocycles. The van der Waals surface area contributed by atoms with E-state index < -0.39 is 5.69 Å². The van der Waals surface area contributed by atoms with E-state index in [0.29, 0.717) is 23.0 Å². The van der Waals surface area contributed by atoms with Gasteiger partial charge in [-0.25, -0.2) is 4.79 Å². The molecule has 3 aromatic rings. The number of aromatic nitrogens is 2. The topological polar surface area (TPSA) is 93.2 Å². The Hall–Kier alpha value is -2.71. The number of carbonyl (C=O) groups is 1. The van der Waals surface area contributed by atoms with Crippen molar-refractivity contribution in [3.8, 4) is 0 Å². The predicted octanol–water partition coefficient (Wildman–Crippen LogP) is 1.71.